The number of nitrogens with zero attached hydrogens (tertiary/aromatic N) is 1. The van der Waals surface area contributed by atoms with Gasteiger partial charge in [0.1, 0.15) is 12.6 Å². The molecule has 1 amide bonds. The van der Waals surface area contributed by atoms with Crippen molar-refractivity contribution < 1.29 is 28.9 Å². The van der Waals surface area contributed by atoms with E-state index in [0.29, 0.717) is 10.5 Å². The molecule has 1 rings (SSSR count). The third kappa shape index (κ3) is 5.97. The van der Waals surface area contributed by atoms with Gasteiger partial charge in [-0.2, -0.15) is 4.89 Å². The first-order valence-corrected chi connectivity index (χ1v) is 8.28. The smallest absolute Gasteiger partial charge is 0.480 e. The van der Waals surface area contributed by atoms with Crippen molar-refractivity contribution >= 4 is 31.7 Å². The SMILES string of the molecule is O=C(O)C(CCCl)N(C[P+](=O)O)C(=O)OCc1ccccc1. The van der Waals surface area contributed by atoms with Crippen LogP contribution in [0.3, 0.4) is 0 Å². The molecule has 0 radical (unpaired) electrons. The van der Waals surface area contributed by atoms with Crippen LogP contribution >= 0.6 is 19.6 Å². The van der Waals surface area contributed by atoms with E-state index >= 15 is 0 Å². The molecule has 9 heteroatoms. The molecule has 0 aliphatic carbocycles. The molecule has 0 spiro atoms. The van der Waals surface area contributed by atoms with Crippen molar-refractivity contribution in [2.45, 2.75) is 19.1 Å². The molecule has 1 aromatic carbocycles. The number of rotatable bonds is 8. The van der Waals surface area contributed by atoms with Gasteiger partial charge in [0.15, 0.2) is 0 Å². The van der Waals surface area contributed by atoms with E-state index in [-0.39, 0.29) is 18.9 Å². The number of alkyl halides is 1. The van der Waals surface area contributed by atoms with Crippen molar-refractivity contribution in [2.24, 2.45) is 0 Å². The topological polar surface area (TPSA) is 104 Å². The van der Waals surface area contributed by atoms with Crippen LogP contribution in [-0.2, 0) is 20.7 Å². The van der Waals surface area contributed by atoms with Gasteiger partial charge >= 0.3 is 20.1 Å². The van der Waals surface area contributed by atoms with Gasteiger partial charge in [-0.25, -0.2) is 14.5 Å². The minimum Gasteiger partial charge on any atom is -0.480 e. The monoisotopic (exact) mass is 348 g/mol. The number of aliphatic carboxylic acids is 1. The van der Waals surface area contributed by atoms with Gasteiger partial charge in [-0.05, 0) is 16.5 Å². The molecule has 1 aromatic rings. The number of ether oxygens (including phenoxy) is 1. The van der Waals surface area contributed by atoms with Crippen molar-refractivity contribution in [3.8, 4) is 0 Å². The molecule has 0 bridgehead atoms. The van der Waals surface area contributed by atoms with Crippen LogP contribution in [0.1, 0.15) is 12.0 Å². The summed E-state index contributed by atoms with van der Waals surface area (Å²) in [5.41, 5.74) is 0.716. The number of hydrogen-bond donors (Lipinski definition) is 2. The number of carboxylic acid groups (broad SMARTS) is 1. The predicted molar refractivity (Wildman–Crippen MR) is 79.9 cm³/mol. The van der Waals surface area contributed by atoms with Gasteiger partial charge < -0.3 is 9.84 Å². The third-order valence-corrected chi connectivity index (χ3v) is 3.52. The summed E-state index contributed by atoms with van der Waals surface area (Å²) in [6.45, 7) is -0.0639. The molecule has 0 heterocycles. The number of carbonyl (C=O) groups excluding carboxylic acids is 1. The fourth-order valence-corrected chi connectivity index (χ4v) is 2.51. The number of amides is 1. The molecule has 120 valence electrons. The van der Waals surface area contributed by atoms with Gasteiger partial charge in [0.05, 0.1) is 0 Å². The summed E-state index contributed by atoms with van der Waals surface area (Å²) in [5, 5.41) is 9.14. The van der Waals surface area contributed by atoms with Gasteiger partial charge in [-0.1, -0.05) is 30.3 Å². The fraction of sp³-hybridized carbons (Fsp3) is 0.385. The molecule has 0 saturated heterocycles. The fourth-order valence-electron chi connectivity index (χ4n) is 1.73. The van der Waals surface area contributed by atoms with Gasteiger partial charge in [0.25, 0.3) is 6.29 Å². The van der Waals surface area contributed by atoms with Crippen LogP contribution in [0.15, 0.2) is 30.3 Å². The first-order chi connectivity index (χ1) is 10.5. The van der Waals surface area contributed by atoms with Gasteiger partial charge in [0.2, 0.25) is 0 Å². The second kappa shape index (κ2) is 9.35. The highest BCUT2D eigenvalue weighted by Crippen LogP contribution is 2.20. The van der Waals surface area contributed by atoms with Crippen molar-refractivity contribution in [3.05, 3.63) is 35.9 Å². The molecule has 2 atom stereocenters. The maximum Gasteiger partial charge on any atom is 0.527 e. The van der Waals surface area contributed by atoms with E-state index in [9.17, 15) is 14.2 Å². The highest BCUT2D eigenvalue weighted by molar-refractivity contribution is 7.37. The Morgan fingerprint density at radius 3 is 2.45 bits per heavy atom. The molecule has 0 fully saturated rings. The number of carboxylic acids is 1. The highest BCUT2D eigenvalue weighted by Gasteiger charge is 2.35. The largest absolute Gasteiger partial charge is 0.527 e. The summed E-state index contributed by atoms with van der Waals surface area (Å²) < 4.78 is 16.0. The molecule has 0 aliphatic heterocycles. The van der Waals surface area contributed by atoms with E-state index in [1.54, 1.807) is 30.3 Å². The molecule has 2 unspecified atom stereocenters. The van der Waals surface area contributed by atoms with E-state index in [2.05, 4.69) is 0 Å². The standard InChI is InChI=1S/C13H15ClNO6P/c14-7-6-11(12(16)17)15(9-22(19)20)13(18)21-8-10-4-2-1-3-5-10/h1-5,11H,6-9H2,(H-,16,17,19,20)/p+1. The lowest BCUT2D eigenvalue weighted by Gasteiger charge is -2.23. The molecule has 0 aromatic heterocycles. The third-order valence-electron chi connectivity index (χ3n) is 2.76. The molecule has 0 saturated carbocycles. The van der Waals surface area contributed by atoms with Gasteiger partial charge in [-0.15, -0.1) is 11.6 Å². The van der Waals surface area contributed by atoms with E-state index in [1.165, 1.54) is 0 Å². The first-order valence-electron chi connectivity index (χ1n) is 6.35. The number of benzene rings is 1. The molecular formula is C13H16ClNO6P+. The number of halogens is 1. The normalized spacial score (nSPS) is 12.4. The van der Waals surface area contributed by atoms with E-state index < -0.39 is 32.4 Å². The van der Waals surface area contributed by atoms with Crippen LogP contribution in [0.2, 0.25) is 0 Å². The lowest BCUT2D eigenvalue weighted by atomic mass is 10.2. The zero-order valence-electron chi connectivity index (χ0n) is 11.6. The van der Waals surface area contributed by atoms with E-state index in [1.807, 2.05) is 0 Å². The molecule has 22 heavy (non-hydrogen) atoms. The van der Waals surface area contributed by atoms with Crippen LogP contribution in [-0.4, -0.2) is 45.2 Å². The average Bonchev–Trinajstić information content (AvgIpc) is 2.49. The average molecular weight is 349 g/mol. The van der Waals surface area contributed by atoms with Crippen molar-refractivity contribution in [1.82, 2.24) is 4.90 Å². The Kier molecular flexibility index (Phi) is 7.80. The molecule has 7 nitrogen and oxygen atoms in total. The summed E-state index contributed by atoms with van der Waals surface area (Å²) in [7, 11) is -2.74. The Labute approximate surface area is 133 Å². The maximum absolute atomic E-state index is 12.0. The lowest BCUT2D eigenvalue weighted by Crippen LogP contribution is -2.45. The van der Waals surface area contributed by atoms with Crippen molar-refractivity contribution in [1.29, 1.82) is 0 Å². The Morgan fingerprint density at radius 1 is 1.32 bits per heavy atom. The van der Waals surface area contributed by atoms with Gasteiger partial charge in [0, 0.05) is 5.88 Å². The van der Waals surface area contributed by atoms with Crippen LogP contribution < -0.4 is 0 Å². The van der Waals surface area contributed by atoms with Crippen LogP contribution in [0.4, 0.5) is 4.79 Å². The molecular weight excluding hydrogens is 333 g/mol. The van der Waals surface area contributed by atoms with Gasteiger partial charge in [-0.3, -0.25) is 0 Å². The minimum absolute atomic E-state index is 0.0123. The molecule has 0 aliphatic rings. The van der Waals surface area contributed by atoms with E-state index in [4.69, 9.17) is 26.3 Å². The molecule has 2 N–H and O–H groups in total. The second-order valence-corrected chi connectivity index (χ2v) is 5.70. The first kappa shape index (κ1) is 18.4. The quantitative estimate of drug-likeness (QED) is 0.552. The summed E-state index contributed by atoms with van der Waals surface area (Å²) in [5.74, 6) is -1.32. The van der Waals surface area contributed by atoms with Crippen molar-refractivity contribution in [3.63, 3.8) is 0 Å². The highest BCUT2D eigenvalue weighted by atomic mass is 35.5. The zero-order valence-corrected chi connectivity index (χ0v) is 13.2. The summed E-state index contributed by atoms with van der Waals surface area (Å²) in [6.07, 6.45) is -1.66. The van der Waals surface area contributed by atoms with Crippen LogP contribution in [0.5, 0.6) is 0 Å². The zero-order chi connectivity index (χ0) is 16.5. The Morgan fingerprint density at radius 2 is 1.95 bits per heavy atom. The van der Waals surface area contributed by atoms with Crippen molar-refractivity contribution in [2.75, 3.05) is 12.2 Å². The maximum atomic E-state index is 12.0. The summed E-state index contributed by atoms with van der Waals surface area (Å²) >= 11 is 5.52. The second-order valence-electron chi connectivity index (χ2n) is 4.34. The number of carbonyl (C=O) groups is 2. The Balaban J connectivity index is 2.78. The predicted octanol–water partition coefficient (Wildman–Crippen LogP) is 2.40. The summed E-state index contributed by atoms with van der Waals surface area (Å²) in [4.78, 5) is 32.9. The minimum atomic E-state index is -2.74. The summed E-state index contributed by atoms with van der Waals surface area (Å²) in [6, 6.07) is 7.48. The van der Waals surface area contributed by atoms with E-state index in [0.717, 1.165) is 0 Å². The Bertz CT molecular complexity index is 527. The van der Waals surface area contributed by atoms with Crippen LogP contribution in [0, 0.1) is 0 Å². The Hall–Kier alpha value is -1.69. The lowest BCUT2D eigenvalue weighted by molar-refractivity contribution is -0.142. The number of hydrogen-bond acceptors (Lipinski definition) is 4. The van der Waals surface area contributed by atoms with Crippen LogP contribution in [0.25, 0.3) is 0 Å².